The molecule has 0 aromatic heterocycles. The first-order chi connectivity index (χ1) is 6.70. The maximum atomic E-state index is 11.8. The minimum Gasteiger partial charge on any atom is -0.395 e. The van der Waals surface area contributed by atoms with Crippen LogP contribution in [0.2, 0.25) is 0 Å². The van der Waals surface area contributed by atoms with Crippen molar-refractivity contribution in [2.24, 2.45) is 11.3 Å². The Balaban J connectivity index is 2.67. The summed E-state index contributed by atoms with van der Waals surface area (Å²) in [6.07, 6.45) is 4.07. The topological polar surface area (TPSA) is 57.5 Å². The fourth-order valence-corrected chi connectivity index (χ4v) is 2.24. The lowest BCUT2D eigenvalue weighted by Crippen LogP contribution is -2.36. The van der Waals surface area contributed by atoms with E-state index < -0.39 is 5.41 Å². The molecule has 4 heteroatoms. The molecule has 1 aliphatic rings. The summed E-state index contributed by atoms with van der Waals surface area (Å²) in [6.45, 7) is -0.459. The van der Waals surface area contributed by atoms with Gasteiger partial charge in [0.1, 0.15) is 5.78 Å². The molecule has 0 heterocycles. The average Bonchev–Trinajstić information content (AvgIpc) is 2.53. The molecule has 2 N–H and O–H groups in total. The molecule has 0 aliphatic heterocycles. The SMILES string of the molecule is O=C1C(C/C=C/I)CCC1(CO)CO. The van der Waals surface area contributed by atoms with Crippen LogP contribution in [0.25, 0.3) is 0 Å². The van der Waals surface area contributed by atoms with Gasteiger partial charge in [0.25, 0.3) is 0 Å². The quantitative estimate of drug-likeness (QED) is 0.769. The van der Waals surface area contributed by atoms with Gasteiger partial charge in [0, 0.05) is 5.92 Å². The van der Waals surface area contributed by atoms with Crippen LogP contribution in [0, 0.1) is 11.3 Å². The van der Waals surface area contributed by atoms with E-state index in [1.54, 1.807) is 0 Å². The molecule has 0 radical (unpaired) electrons. The molecular weight excluding hydrogens is 295 g/mol. The number of rotatable bonds is 4. The first-order valence-electron chi connectivity index (χ1n) is 4.71. The van der Waals surface area contributed by atoms with Crippen LogP contribution in [0.4, 0.5) is 0 Å². The Hall–Kier alpha value is 0.0600. The van der Waals surface area contributed by atoms with Crippen molar-refractivity contribution in [3.05, 3.63) is 10.2 Å². The zero-order chi connectivity index (χ0) is 10.6. The summed E-state index contributed by atoms with van der Waals surface area (Å²) in [7, 11) is 0. The van der Waals surface area contributed by atoms with Crippen LogP contribution in [0.1, 0.15) is 19.3 Å². The van der Waals surface area contributed by atoms with Crippen molar-refractivity contribution in [3.63, 3.8) is 0 Å². The Morgan fingerprint density at radius 2 is 2.14 bits per heavy atom. The molecule has 0 amide bonds. The number of aliphatic hydroxyl groups is 2. The molecule has 3 nitrogen and oxygen atoms in total. The van der Waals surface area contributed by atoms with E-state index in [-0.39, 0.29) is 24.9 Å². The number of Topliss-reactive ketones (excluding diaryl/α,β-unsaturated/α-hetero) is 1. The molecule has 0 bridgehead atoms. The molecule has 0 aromatic carbocycles. The predicted octanol–water partition coefficient (Wildman–Crippen LogP) is 1.28. The van der Waals surface area contributed by atoms with E-state index in [2.05, 4.69) is 22.6 Å². The third-order valence-corrected chi connectivity index (χ3v) is 3.49. The van der Waals surface area contributed by atoms with E-state index in [4.69, 9.17) is 10.2 Å². The fourth-order valence-electron chi connectivity index (χ4n) is 1.94. The number of hydrogen-bond donors (Lipinski definition) is 2. The molecule has 1 unspecified atom stereocenters. The normalized spacial score (nSPS) is 26.2. The van der Waals surface area contributed by atoms with Gasteiger partial charge in [-0.25, -0.2) is 0 Å². The molecule has 80 valence electrons. The highest BCUT2D eigenvalue weighted by Crippen LogP contribution is 2.39. The highest BCUT2D eigenvalue weighted by molar-refractivity contribution is 14.1. The maximum absolute atomic E-state index is 11.8. The predicted molar refractivity (Wildman–Crippen MR) is 62.1 cm³/mol. The maximum Gasteiger partial charge on any atom is 0.147 e. The van der Waals surface area contributed by atoms with Gasteiger partial charge in [-0.3, -0.25) is 4.79 Å². The van der Waals surface area contributed by atoms with Crippen LogP contribution >= 0.6 is 22.6 Å². The number of aliphatic hydroxyl groups excluding tert-OH is 2. The summed E-state index contributed by atoms with van der Waals surface area (Å²) in [4.78, 5) is 11.8. The van der Waals surface area contributed by atoms with Crippen LogP contribution in [0.3, 0.4) is 0 Å². The summed E-state index contributed by atoms with van der Waals surface area (Å²) in [5.41, 5.74) is -0.857. The number of carbonyl (C=O) groups excluding carboxylic acids is 1. The highest BCUT2D eigenvalue weighted by Gasteiger charge is 2.46. The van der Waals surface area contributed by atoms with Gasteiger partial charge in [-0.15, -0.1) is 0 Å². The first kappa shape index (κ1) is 12.1. The number of hydrogen-bond acceptors (Lipinski definition) is 3. The van der Waals surface area contributed by atoms with Gasteiger partial charge in [0.2, 0.25) is 0 Å². The largest absolute Gasteiger partial charge is 0.395 e. The number of carbonyl (C=O) groups is 1. The summed E-state index contributed by atoms with van der Waals surface area (Å²) >= 11 is 2.12. The van der Waals surface area contributed by atoms with Crippen LogP contribution in [0.15, 0.2) is 10.2 Å². The van der Waals surface area contributed by atoms with Crippen molar-refractivity contribution in [1.29, 1.82) is 0 Å². The standard InChI is InChI=1S/C10H15IO3/c11-5-1-2-8-3-4-10(6-12,7-13)9(8)14/h1,5,8,12-13H,2-4,6-7H2/b5-1+. The summed E-state index contributed by atoms with van der Waals surface area (Å²) in [5, 5.41) is 18.3. The van der Waals surface area contributed by atoms with E-state index in [0.717, 1.165) is 12.8 Å². The van der Waals surface area contributed by atoms with Crippen LogP contribution < -0.4 is 0 Å². The molecule has 1 fully saturated rings. The van der Waals surface area contributed by atoms with Crippen molar-refractivity contribution < 1.29 is 15.0 Å². The van der Waals surface area contributed by atoms with Crippen LogP contribution in [-0.4, -0.2) is 29.2 Å². The van der Waals surface area contributed by atoms with Crippen molar-refractivity contribution in [2.75, 3.05) is 13.2 Å². The molecule has 1 atom stereocenters. The fraction of sp³-hybridized carbons (Fsp3) is 0.700. The molecule has 0 saturated heterocycles. The molecule has 1 rings (SSSR count). The molecule has 14 heavy (non-hydrogen) atoms. The Bertz CT molecular complexity index is 234. The second-order valence-corrected chi connectivity index (χ2v) is 4.51. The third kappa shape index (κ3) is 2.17. The van der Waals surface area contributed by atoms with Crippen molar-refractivity contribution >= 4 is 28.4 Å². The molecule has 0 spiro atoms. The van der Waals surface area contributed by atoms with E-state index in [0.29, 0.717) is 6.42 Å². The van der Waals surface area contributed by atoms with E-state index in [9.17, 15) is 4.79 Å². The Labute approximate surface area is 97.3 Å². The van der Waals surface area contributed by atoms with Gasteiger partial charge >= 0.3 is 0 Å². The average molecular weight is 310 g/mol. The number of halogens is 1. The lowest BCUT2D eigenvalue weighted by atomic mass is 9.85. The Kier molecular flexibility index (Phi) is 4.53. The van der Waals surface area contributed by atoms with Crippen molar-refractivity contribution in [3.8, 4) is 0 Å². The van der Waals surface area contributed by atoms with Gasteiger partial charge in [-0.2, -0.15) is 0 Å². The summed E-state index contributed by atoms with van der Waals surface area (Å²) in [5.74, 6) is 0.0114. The first-order valence-corrected chi connectivity index (χ1v) is 5.96. The van der Waals surface area contributed by atoms with E-state index in [1.807, 2.05) is 10.2 Å². The van der Waals surface area contributed by atoms with Crippen molar-refractivity contribution in [2.45, 2.75) is 19.3 Å². The van der Waals surface area contributed by atoms with E-state index >= 15 is 0 Å². The Morgan fingerprint density at radius 3 is 2.57 bits per heavy atom. The smallest absolute Gasteiger partial charge is 0.147 e. The minimum absolute atomic E-state index is 0.0136. The minimum atomic E-state index is -0.857. The molecule has 1 saturated carbocycles. The molecular formula is C10H15IO3. The molecule has 0 aromatic rings. The van der Waals surface area contributed by atoms with Crippen molar-refractivity contribution in [1.82, 2.24) is 0 Å². The summed E-state index contributed by atoms with van der Waals surface area (Å²) in [6, 6.07) is 0. The monoisotopic (exact) mass is 310 g/mol. The summed E-state index contributed by atoms with van der Waals surface area (Å²) < 4.78 is 1.89. The number of allylic oxidation sites excluding steroid dienone is 1. The van der Waals surface area contributed by atoms with Crippen LogP contribution in [0.5, 0.6) is 0 Å². The van der Waals surface area contributed by atoms with Gasteiger partial charge < -0.3 is 10.2 Å². The highest BCUT2D eigenvalue weighted by atomic mass is 127. The Morgan fingerprint density at radius 1 is 1.50 bits per heavy atom. The zero-order valence-electron chi connectivity index (χ0n) is 7.95. The van der Waals surface area contributed by atoms with Gasteiger partial charge in [-0.05, 0) is 23.3 Å². The van der Waals surface area contributed by atoms with E-state index in [1.165, 1.54) is 0 Å². The lowest BCUT2D eigenvalue weighted by Gasteiger charge is -2.22. The number of ketones is 1. The van der Waals surface area contributed by atoms with Gasteiger partial charge in [0.15, 0.2) is 0 Å². The lowest BCUT2D eigenvalue weighted by molar-refractivity contribution is -0.133. The zero-order valence-corrected chi connectivity index (χ0v) is 10.1. The van der Waals surface area contributed by atoms with Gasteiger partial charge in [-0.1, -0.05) is 28.7 Å². The second-order valence-electron chi connectivity index (χ2n) is 3.79. The van der Waals surface area contributed by atoms with Crippen LogP contribution in [-0.2, 0) is 4.79 Å². The second kappa shape index (κ2) is 5.23. The third-order valence-electron chi connectivity index (χ3n) is 2.98. The molecule has 1 aliphatic carbocycles. The van der Waals surface area contributed by atoms with Gasteiger partial charge in [0.05, 0.1) is 18.6 Å².